The normalized spacial score (nSPS) is 18.4. The average Bonchev–Trinajstić information content (AvgIpc) is 2.37. The van der Waals surface area contributed by atoms with Crippen LogP contribution in [0.4, 0.5) is 0 Å². The largest absolute Gasteiger partial charge is 0.339 e. The number of halogens is 2. The SMILES string of the molecule is CC(N)C1CCN(C(=O)c2cc(Cl)cc(Br)c2)CC1. The number of piperidine rings is 1. The quantitative estimate of drug-likeness (QED) is 0.894. The summed E-state index contributed by atoms with van der Waals surface area (Å²) in [5.74, 6) is 0.571. The Morgan fingerprint density at radius 1 is 1.42 bits per heavy atom. The van der Waals surface area contributed by atoms with Crippen LogP contribution >= 0.6 is 27.5 Å². The average molecular weight is 346 g/mol. The van der Waals surface area contributed by atoms with E-state index in [1.165, 1.54) is 0 Å². The molecule has 1 aliphatic heterocycles. The minimum atomic E-state index is 0.0475. The lowest BCUT2D eigenvalue weighted by Gasteiger charge is -2.33. The van der Waals surface area contributed by atoms with Gasteiger partial charge in [-0.1, -0.05) is 27.5 Å². The maximum absolute atomic E-state index is 12.4. The lowest BCUT2D eigenvalue weighted by atomic mass is 9.90. The lowest BCUT2D eigenvalue weighted by Crippen LogP contribution is -2.42. The molecule has 1 aromatic carbocycles. The van der Waals surface area contributed by atoms with Crippen molar-refractivity contribution in [2.45, 2.75) is 25.8 Å². The zero-order chi connectivity index (χ0) is 14.0. The van der Waals surface area contributed by atoms with Gasteiger partial charge in [0.2, 0.25) is 0 Å². The summed E-state index contributed by atoms with van der Waals surface area (Å²) in [6, 6.07) is 5.51. The van der Waals surface area contributed by atoms with E-state index >= 15 is 0 Å². The molecule has 5 heteroatoms. The summed E-state index contributed by atoms with van der Waals surface area (Å²) < 4.78 is 0.828. The van der Waals surface area contributed by atoms with Gasteiger partial charge in [0.15, 0.2) is 0 Å². The molecule has 104 valence electrons. The highest BCUT2D eigenvalue weighted by Crippen LogP contribution is 2.24. The molecule has 1 unspecified atom stereocenters. The van der Waals surface area contributed by atoms with Gasteiger partial charge in [-0.2, -0.15) is 0 Å². The van der Waals surface area contributed by atoms with Gasteiger partial charge in [-0.05, 0) is 43.9 Å². The summed E-state index contributed by atoms with van der Waals surface area (Å²) in [5.41, 5.74) is 6.55. The van der Waals surface area contributed by atoms with Crippen LogP contribution in [0.5, 0.6) is 0 Å². The van der Waals surface area contributed by atoms with Crippen molar-refractivity contribution in [2.24, 2.45) is 11.7 Å². The van der Waals surface area contributed by atoms with Gasteiger partial charge in [0.25, 0.3) is 5.91 Å². The fourth-order valence-corrected chi connectivity index (χ4v) is 3.35. The molecular formula is C14H18BrClN2O. The molecule has 0 aromatic heterocycles. The van der Waals surface area contributed by atoms with E-state index in [9.17, 15) is 4.79 Å². The van der Waals surface area contributed by atoms with Crippen LogP contribution < -0.4 is 5.73 Å². The predicted molar refractivity (Wildman–Crippen MR) is 81.4 cm³/mol. The molecule has 19 heavy (non-hydrogen) atoms. The molecule has 0 spiro atoms. The first-order valence-corrected chi connectivity index (χ1v) is 7.65. The third-order valence-electron chi connectivity index (χ3n) is 3.68. The number of rotatable bonds is 2. The summed E-state index contributed by atoms with van der Waals surface area (Å²) in [6.07, 6.45) is 1.95. The Morgan fingerprint density at radius 2 is 2.05 bits per heavy atom. The molecule has 1 aliphatic rings. The standard InChI is InChI=1S/C14H18BrClN2O/c1-9(17)10-2-4-18(5-3-10)14(19)11-6-12(15)8-13(16)7-11/h6-10H,2-5,17H2,1H3. The first kappa shape index (κ1) is 14.8. The Kier molecular flexibility index (Phi) is 4.87. The van der Waals surface area contributed by atoms with Gasteiger partial charge >= 0.3 is 0 Å². The number of likely N-dealkylation sites (tertiary alicyclic amines) is 1. The zero-order valence-corrected chi connectivity index (χ0v) is 13.2. The van der Waals surface area contributed by atoms with E-state index in [0.29, 0.717) is 16.5 Å². The fourth-order valence-electron chi connectivity index (χ4n) is 2.49. The van der Waals surface area contributed by atoms with E-state index in [2.05, 4.69) is 15.9 Å². The molecule has 1 heterocycles. The number of carbonyl (C=O) groups excluding carboxylic acids is 1. The predicted octanol–water partition coefficient (Wildman–Crippen LogP) is 3.30. The van der Waals surface area contributed by atoms with Crippen molar-refractivity contribution in [3.05, 3.63) is 33.3 Å². The van der Waals surface area contributed by atoms with E-state index in [-0.39, 0.29) is 11.9 Å². The minimum absolute atomic E-state index is 0.0475. The van der Waals surface area contributed by atoms with E-state index in [0.717, 1.165) is 30.4 Å². The molecule has 2 N–H and O–H groups in total. The van der Waals surface area contributed by atoms with E-state index in [4.69, 9.17) is 17.3 Å². The maximum Gasteiger partial charge on any atom is 0.253 e. The van der Waals surface area contributed by atoms with Crippen LogP contribution in [0.3, 0.4) is 0 Å². The molecule has 1 aromatic rings. The number of nitrogens with two attached hydrogens (primary N) is 1. The molecule has 3 nitrogen and oxygen atoms in total. The van der Waals surface area contributed by atoms with Gasteiger partial charge in [-0.25, -0.2) is 0 Å². The number of carbonyl (C=O) groups is 1. The van der Waals surface area contributed by atoms with Crippen LogP contribution in [-0.4, -0.2) is 29.9 Å². The van der Waals surface area contributed by atoms with Crippen LogP contribution in [0.15, 0.2) is 22.7 Å². The van der Waals surface area contributed by atoms with E-state index in [1.54, 1.807) is 12.1 Å². The fraction of sp³-hybridized carbons (Fsp3) is 0.500. The highest BCUT2D eigenvalue weighted by molar-refractivity contribution is 9.10. The molecule has 0 radical (unpaired) electrons. The van der Waals surface area contributed by atoms with Crippen molar-refractivity contribution in [1.82, 2.24) is 4.90 Å². The number of nitrogens with zero attached hydrogens (tertiary/aromatic N) is 1. The molecule has 0 saturated carbocycles. The summed E-state index contributed by atoms with van der Waals surface area (Å²) >= 11 is 9.34. The Bertz CT molecular complexity index is 450. The van der Waals surface area contributed by atoms with Gasteiger partial charge in [0, 0.05) is 34.2 Å². The summed E-state index contributed by atoms with van der Waals surface area (Å²) in [5, 5.41) is 0.572. The molecule has 1 amide bonds. The first-order chi connectivity index (χ1) is 8.97. The smallest absolute Gasteiger partial charge is 0.253 e. The Hall–Kier alpha value is -0.580. The van der Waals surface area contributed by atoms with Crippen molar-refractivity contribution in [3.63, 3.8) is 0 Å². The number of benzene rings is 1. The van der Waals surface area contributed by atoms with Crippen molar-refractivity contribution in [3.8, 4) is 0 Å². The highest BCUT2D eigenvalue weighted by atomic mass is 79.9. The number of hydrogen-bond donors (Lipinski definition) is 1. The van der Waals surface area contributed by atoms with Crippen molar-refractivity contribution in [1.29, 1.82) is 0 Å². The first-order valence-electron chi connectivity index (χ1n) is 6.48. The van der Waals surface area contributed by atoms with Crippen molar-refractivity contribution >= 4 is 33.4 Å². The molecule has 2 rings (SSSR count). The number of amides is 1. The molecule has 1 fully saturated rings. The Balaban J connectivity index is 2.05. The monoisotopic (exact) mass is 344 g/mol. The van der Waals surface area contributed by atoms with E-state index < -0.39 is 0 Å². The van der Waals surface area contributed by atoms with Crippen molar-refractivity contribution < 1.29 is 4.79 Å². The highest BCUT2D eigenvalue weighted by Gasteiger charge is 2.25. The third kappa shape index (κ3) is 3.71. The Labute approximate surface area is 127 Å². The molecular weight excluding hydrogens is 328 g/mol. The van der Waals surface area contributed by atoms with Crippen LogP contribution in [0.25, 0.3) is 0 Å². The zero-order valence-electron chi connectivity index (χ0n) is 10.9. The summed E-state index contributed by atoms with van der Waals surface area (Å²) in [4.78, 5) is 14.3. The molecule has 1 atom stereocenters. The maximum atomic E-state index is 12.4. The second-order valence-corrected chi connectivity index (χ2v) is 6.50. The van der Waals surface area contributed by atoms with Gasteiger partial charge in [0.05, 0.1) is 0 Å². The van der Waals surface area contributed by atoms with Gasteiger partial charge < -0.3 is 10.6 Å². The molecule has 0 bridgehead atoms. The van der Waals surface area contributed by atoms with Crippen LogP contribution in [-0.2, 0) is 0 Å². The van der Waals surface area contributed by atoms with Gasteiger partial charge in [0.1, 0.15) is 0 Å². The molecule has 1 saturated heterocycles. The van der Waals surface area contributed by atoms with Gasteiger partial charge in [-0.15, -0.1) is 0 Å². The van der Waals surface area contributed by atoms with Crippen LogP contribution in [0, 0.1) is 5.92 Å². The van der Waals surface area contributed by atoms with Crippen molar-refractivity contribution in [2.75, 3.05) is 13.1 Å². The number of hydrogen-bond acceptors (Lipinski definition) is 2. The van der Waals surface area contributed by atoms with E-state index in [1.807, 2.05) is 17.9 Å². The van der Waals surface area contributed by atoms with Gasteiger partial charge in [-0.3, -0.25) is 4.79 Å². The van der Waals surface area contributed by atoms with Crippen LogP contribution in [0.1, 0.15) is 30.1 Å². The second kappa shape index (κ2) is 6.25. The summed E-state index contributed by atoms with van der Waals surface area (Å²) in [7, 11) is 0. The topological polar surface area (TPSA) is 46.3 Å². The minimum Gasteiger partial charge on any atom is -0.339 e. The lowest BCUT2D eigenvalue weighted by molar-refractivity contribution is 0.0681. The van der Waals surface area contributed by atoms with Crippen LogP contribution in [0.2, 0.25) is 5.02 Å². The Morgan fingerprint density at radius 3 is 2.58 bits per heavy atom. The third-order valence-corrected chi connectivity index (χ3v) is 4.36. The summed E-state index contributed by atoms with van der Waals surface area (Å²) in [6.45, 7) is 3.58. The second-order valence-electron chi connectivity index (χ2n) is 5.15. The molecule has 0 aliphatic carbocycles.